The van der Waals surface area contributed by atoms with E-state index in [4.69, 9.17) is 4.74 Å². The van der Waals surface area contributed by atoms with E-state index >= 15 is 0 Å². The Morgan fingerprint density at radius 3 is 2.71 bits per heavy atom. The van der Waals surface area contributed by atoms with E-state index in [1.54, 1.807) is 0 Å². The summed E-state index contributed by atoms with van der Waals surface area (Å²) < 4.78 is 6.00. The predicted molar refractivity (Wildman–Crippen MR) is 102 cm³/mol. The lowest BCUT2D eigenvalue weighted by Gasteiger charge is -2.18. The highest BCUT2D eigenvalue weighted by Gasteiger charge is 2.43. The molecular formula is C19H29N3OS. The van der Waals surface area contributed by atoms with Crippen molar-refractivity contribution in [2.75, 3.05) is 33.4 Å². The van der Waals surface area contributed by atoms with Gasteiger partial charge in [-0.2, -0.15) is 0 Å². The van der Waals surface area contributed by atoms with E-state index in [1.807, 2.05) is 18.8 Å². The predicted octanol–water partition coefficient (Wildman–Crippen LogP) is 3.29. The third-order valence-corrected chi connectivity index (χ3v) is 5.99. The second kappa shape index (κ2) is 8.77. The molecule has 2 fully saturated rings. The van der Waals surface area contributed by atoms with Gasteiger partial charge in [-0.05, 0) is 50.2 Å². The van der Waals surface area contributed by atoms with Gasteiger partial charge in [0.25, 0.3) is 0 Å². The molecule has 2 saturated carbocycles. The van der Waals surface area contributed by atoms with Gasteiger partial charge in [0.05, 0.1) is 0 Å². The third kappa shape index (κ3) is 6.02. The first-order valence-corrected chi connectivity index (χ1v) is 9.88. The molecule has 0 amide bonds. The van der Waals surface area contributed by atoms with Crippen LogP contribution in [0, 0.1) is 5.92 Å². The highest BCUT2D eigenvalue weighted by atomic mass is 32.2. The number of hydrogen-bond donors (Lipinski definition) is 2. The molecule has 2 aliphatic rings. The lowest BCUT2D eigenvalue weighted by Crippen LogP contribution is -2.41. The Morgan fingerprint density at radius 2 is 2.04 bits per heavy atom. The van der Waals surface area contributed by atoms with Crippen LogP contribution in [0.25, 0.3) is 0 Å². The molecule has 1 aromatic rings. The number of aliphatic imine (C=N–C) groups is 1. The quantitative estimate of drug-likeness (QED) is 0.387. The lowest BCUT2D eigenvalue weighted by molar-refractivity contribution is 0.123. The first kappa shape index (κ1) is 17.6. The van der Waals surface area contributed by atoms with E-state index in [2.05, 4.69) is 46.0 Å². The van der Waals surface area contributed by atoms with Crippen molar-refractivity contribution in [3.8, 4) is 0 Å². The largest absolute Gasteiger partial charge is 0.381 e. The number of thioether (sulfide) groups is 1. The van der Waals surface area contributed by atoms with Crippen molar-refractivity contribution in [2.24, 2.45) is 10.9 Å². The molecule has 24 heavy (non-hydrogen) atoms. The third-order valence-electron chi connectivity index (χ3n) is 4.50. The Morgan fingerprint density at radius 1 is 1.25 bits per heavy atom. The minimum atomic E-state index is 0.340. The topological polar surface area (TPSA) is 45.7 Å². The van der Waals surface area contributed by atoms with Crippen LogP contribution < -0.4 is 10.6 Å². The van der Waals surface area contributed by atoms with Gasteiger partial charge >= 0.3 is 0 Å². The summed E-state index contributed by atoms with van der Waals surface area (Å²) in [6.45, 7) is 3.66. The molecule has 0 saturated heterocycles. The smallest absolute Gasteiger partial charge is 0.191 e. The lowest BCUT2D eigenvalue weighted by atomic mass is 10.4. The van der Waals surface area contributed by atoms with Gasteiger partial charge in [0.15, 0.2) is 5.96 Å². The highest BCUT2D eigenvalue weighted by Crippen LogP contribution is 2.51. The number of guanidine groups is 1. The van der Waals surface area contributed by atoms with Crippen molar-refractivity contribution in [1.29, 1.82) is 0 Å². The van der Waals surface area contributed by atoms with Crippen molar-refractivity contribution in [3.05, 3.63) is 30.3 Å². The second-order valence-corrected chi connectivity index (χ2v) is 8.36. The summed E-state index contributed by atoms with van der Waals surface area (Å²) in [5, 5.41) is 6.88. The Balaban J connectivity index is 1.30. The summed E-state index contributed by atoms with van der Waals surface area (Å²) >= 11 is 1.99. The summed E-state index contributed by atoms with van der Waals surface area (Å²) in [4.78, 5) is 5.68. The van der Waals surface area contributed by atoms with Crippen LogP contribution in [-0.2, 0) is 4.74 Å². The van der Waals surface area contributed by atoms with Crippen molar-refractivity contribution in [2.45, 2.75) is 41.7 Å². The Hall–Kier alpha value is -1.20. The average Bonchev–Trinajstić information content (AvgIpc) is 3.52. The van der Waals surface area contributed by atoms with Gasteiger partial charge in [0, 0.05) is 43.0 Å². The van der Waals surface area contributed by atoms with Crippen LogP contribution >= 0.6 is 11.8 Å². The van der Waals surface area contributed by atoms with Crippen LogP contribution in [0.1, 0.15) is 32.1 Å². The van der Waals surface area contributed by atoms with Crippen LogP contribution in [0.5, 0.6) is 0 Å². The fraction of sp³-hybridized carbons (Fsp3) is 0.632. The maximum atomic E-state index is 5.66. The Bertz CT molecular complexity index is 527. The number of nitrogens with zero attached hydrogens (tertiary/aromatic N) is 1. The molecule has 5 heteroatoms. The molecule has 0 radical (unpaired) electrons. The minimum absolute atomic E-state index is 0.340. The van der Waals surface area contributed by atoms with Crippen LogP contribution in [0.2, 0.25) is 0 Å². The Labute approximate surface area is 149 Å². The summed E-state index contributed by atoms with van der Waals surface area (Å²) in [6, 6.07) is 10.7. The maximum Gasteiger partial charge on any atom is 0.191 e. The molecule has 0 spiro atoms. The summed E-state index contributed by atoms with van der Waals surface area (Å²) in [5.74, 6) is 1.75. The fourth-order valence-corrected chi connectivity index (χ4v) is 3.82. The van der Waals surface area contributed by atoms with Gasteiger partial charge in [-0.15, -0.1) is 11.8 Å². The highest BCUT2D eigenvalue weighted by molar-refractivity contribution is 8.01. The van der Waals surface area contributed by atoms with Crippen molar-refractivity contribution >= 4 is 17.7 Å². The molecule has 0 aliphatic heterocycles. The zero-order valence-electron chi connectivity index (χ0n) is 14.6. The van der Waals surface area contributed by atoms with E-state index in [-0.39, 0.29) is 0 Å². The summed E-state index contributed by atoms with van der Waals surface area (Å²) in [7, 11) is 1.84. The zero-order chi connectivity index (χ0) is 16.7. The molecule has 0 aromatic heterocycles. The Kier molecular flexibility index (Phi) is 6.44. The molecule has 2 aliphatic carbocycles. The molecule has 132 valence electrons. The molecule has 4 nitrogen and oxygen atoms in total. The van der Waals surface area contributed by atoms with Gasteiger partial charge in [-0.3, -0.25) is 4.99 Å². The van der Waals surface area contributed by atoms with Gasteiger partial charge in [-0.1, -0.05) is 18.2 Å². The van der Waals surface area contributed by atoms with Crippen LogP contribution in [0.3, 0.4) is 0 Å². The first-order valence-electron chi connectivity index (χ1n) is 9.06. The molecule has 0 bridgehead atoms. The molecular weight excluding hydrogens is 318 g/mol. The zero-order valence-corrected chi connectivity index (χ0v) is 15.4. The van der Waals surface area contributed by atoms with Gasteiger partial charge in [0.1, 0.15) is 0 Å². The molecule has 1 aromatic carbocycles. The van der Waals surface area contributed by atoms with E-state index in [0.29, 0.717) is 4.75 Å². The van der Waals surface area contributed by atoms with Crippen molar-refractivity contribution in [3.63, 3.8) is 0 Å². The fourth-order valence-electron chi connectivity index (χ4n) is 2.57. The normalized spacial score (nSPS) is 19.1. The van der Waals surface area contributed by atoms with Crippen LogP contribution in [-0.4, -0.2) is 44.1 Å². The average molecular weight is 348 g/mol. The van der Waals surface area contributed by atoms with Crippen LogP contribution in [0.15, 0.2) is 40.2 Å². The maximum absolute atomic E-state index is 5.66. The van der Waals surface area contributed by atoms with Crippen molar-refractivity contribution in [1.82, 2.24) is 10.6 Å². The van der Waals surface area contributed by atoms with E-state index in [0.717, 1.165) is 44.6 Å². The van der Waals surface area contributed by atoms with Crippen molar-refractivity contribution < 1.29 is 4.74 Å². The summed E-state index contributed by atoms with van der Waals surface area (Å²) in [6.07, 6.45) is 6.28. The minimum Gasteiger partial charge on any atom is -0.381 e. The van der Waals surface area contributed by atoms with E-state index < -0.39 is 0 Å². The second-order valence-electron chi connectivity index (χ2n) is 6.82. The summed E-state index contributed by atoms with van der Waals surface area (Å²) in [5.41, 5.74) is 0. The first-order chi connectivity index (χ1) is 11.8. The monoisotopic (exact) mass is 347 g/mol. The number of benzene rings is 1. The van der Waals surface area contributed by atoms with Gasteiger partial charge < -0.3 is 15.4 Å². The SMILES string of the molecule is CN=C(NCCCOCC1CC1)NCC1(Sc2ccccc2)CC1. The molecule has 0 heterocycles. The van der Waals surface area contributed by atoms with E-state index in [1.165, 1.54) is 30.6 Å². The number of rotatable bonds is 10. The van der Waals surface area contributed by atoms with E-state index in [9.17, 15) is 0 Å². The molecule has 0 atom stereocenters. The standard InChI is InChI=1S/C19H29N3OS/c1-20-18(21-12-5-13-23-14-16-8-9-16)22-15-19(10-11-19)24-17-6-3-2-4-7-17/h2-4,6-7,16H,5,8-15H2,1H3,(H2,20,21,22). The van der Waals surface area contributed by atoms with Crippen LogP contribution in [0.4, 0.5) is 0 Å². The molecule has 3 rings (SSSR count). The molecule has 2 N–H and O–H groups in total. The number of hydrogen-bond acceptors (Lipinski definition) is 3. The number of nitrogens with one attached hydrogen (secondary N) is 2. The van der Waals surface area contributed by atoms with Gasteiger partial charge in [0.2, 0.25) is 0 Å². The van der Waals surface area contributed by atoms with Gasteiger partial charge in [-0.25, -0.2) is 0 Å². The number of ether oxygens (including phenoxy) is 1. The molecule has 0 unspecified atom stereocenters.